The Balaban J connectivity index is 4.13. The number of allylic oxidation sites excluding steroid dienone is 1. The monoisotopic (exact) mass is 873 g/mol. The van der Waals surface area contributed by atoms with Crippen LogP contribution >= 0.6 is 7.82 Å². The number of likely N-dealkylation sites (N-methyl/N-ethyl adjacent to an activating group) is 1. The molecule has 8 nitrogen and oxygen atoms in total. The SMILES string of the molecule is CCCCCCCCCCCCCCCCCC/C=C/OC[C@H](COP(=O)(O)OCC[N+](C)(C)C)OC(=O)CCCCCCCCCCCCCCCCCCCCCC. The Morgan fingerprint density at radius 3 is 1.23 bits per heavy atom. The predicted molar refractivity (Wildman–Crippen MR) is 256 cm³/mol. The van der Waals surface area contributed by atoms with Gasteiger partial charge >= 0.3 is 13.8 Å². The van der Waals surface area contributed by atoms with E-state index in [-0.39, 0.29) is 25.8 Å². The smallest absolute Gasteiger partial charge is 0.472 e. The van der Waals surface area contributed by atoms with Gasteiger partial charge in [0.05, 0.1) is 34.0 Å². The van der Waals surface area contributed by atoms with Crippen molar-refractivity contribution in [1.82, 2.24) is 0 Å². The van der Waals surface area contributed by atoms with E-state index in [0.717, 1.165) is 32.1 Å². The van der Waals surface area contributed by atoms with Crippen LogP contribution in [0.2, 0.25) is 0 Å². The second kappa shape index (κ2) is 44.7. The summed E-state index contributed by atoms with van der Waals surface area (Å²) < 4.78 is 34.9. The molecular weight excluding hydrogens is 770 g/mol. The van der Waals surface area contributed by atoms with Crippen LogP contribution in [0.4, 0.5) is 0 Å². The number of quaternary nitrogens is 1. The fourth-order valence-corrected chi connectivity index (χ4v) is 8.38. The lowest BCUT2D eigenvalue weighted by atomic mass is 10.0. The first-order valence-electron chi connectivity index (χ1n) is 26.0. The van der Waals surface area contributed by atoms with Gasteiger partial charge in [0, 0.05) is 6.42 Å². The summed E-state index contributed by atoms with van der Waals surface area (Å²) in [5.74, 6) is -0.328. The van der Waals surface area contributed by atoms with Gasteiger partial charge in [-0.3, -0.25) is 13.8 Å². The van der Waals surface area contributed by atoms with E-state index >= 15 is 0 Å². The molecule has 0 aromatic carbocycles. The molecule has 0 aliphatic carbocycles. The molecule has 9 heteroatoms. The van der Waals surface area contributed by atoms with Gasteiger partial charge < -0.3 is 18.9 Å². The lowest BCUT2D eigenvalue weighted by molar-refractivity contribution is -0.870. The van der Waals surface area contributed by atoms with Crippen LogP contribution in [-0.2, 0) is 27.9 Å². The minimum Gasteiger partial charge on any atom is -0.498 e. The fraction of sp³-hybridized carbons (Fsp3) is 0.941. The highest BCUT2D eigenvalue weighted by molar-refractivity contribution is 7.47. The van der Waals surface area contributed by atoms with Crippen LogP contribution in [0.3, 0.4) is 0 Å². The zero-order chi connectivity index (χ0) is 44.1. The lowest BCUT2D eigenvalue weighted by Gasteiger charge is -2.24. The van der Waals surface area contributed by atoms with E-state index in [9.17, 15) is 14.3 Å². The molecule has 0 heterocycles. The minimum absolute atomic E-state index is 0.0549. The molecule has 60 heavy (non-hydrogen) atoms. The summed E-state index contributed by atoms with van der Waals surface area (Å²) >= 11 is 0. The van der Waals surface area contributed by atoms with E-state index in [1.807, 2.05) is 27.2 Å². The van der Waals surface area contributed by atoms with Crippen molar-refractivity contribution < 1.29 is 37.3 Å². The number of phosphoric ester groups is 1. The van der Waals surface area contributed by atoms with Gasteiger partial charge in [-0.05, 0) is 25.3 Å². The topological polar surface area (TPSA) is 91.3 Å². The molecule has 0 aliphatic rings. The predicted octanol–water partition coefficient (Wildman–Crippen LogP) is 16.1. The third kappa shape index (κ3) is 48.1. The minimum atomic E-state index is -4.29. The van der Waals surface area contributed by atoms with E-state index < -0.39 is 13.9 Å². The lowest BCUT2D eigenvalue weighted by Crippen LogP contribution is -2.37. The maximum absolute atomic E-state index is 12.7. The molecule has 358 valence electrons. The van der Waals surface area contributed by atoms with Crippen LogP contribution in [0, 0.1) is 0 Å². The number of carbonyl (C=O) groups excluding carboxylic acids is 1. The number of unbranched alkanes of at least 4 members (excludes halogenated alkanes) is 35. The van der Waals surface area contributed by atoms with Gasteiger partial charge in [-0.25, -0.2) is 4.57 Å². The van der Waals surface area contributed by atoms with E-state index in [0.29, 0.717) is 17.4 Å². The number of ether oxygens (including phenoxy) is 2. The highest BCUT2D eigenvalue weighted by Gasteiger charge is 2.26. The number of rotatable bonds is 49. The van der Waals surface area contributed by atoms with E-state index in [1.54, 1.807) is 6.26 Å². The van der Waals surface area contributed by atoms with Crippen LogP contribution in [0.1, 0.15) is 258 Å². The molecule has 0 aromatic rings. The van der Waals surface area contributed by atoms with Gasteiger partial charge in [-0.15, -0.1) is 0 Å². The molecule has 0 saturated carbocycles. The first-order chi connectivity index (χ1) is 29.1. The molecule has 0 radical (unpaired) electrons. The van der Waals surface area contributed by atoms with E-state index in [2.05, 4.69) is 13.8 Å². The molecule has 0 aliphatic heterocycles. The second-order valence-corrected chi connectivity index (χ2v) is 20.4. The molecule has 1 unspecified atom stereocenters. The molecule has 0 bridgehead atoms. The van der Waals surface area contributed by atoms with Crippen molar-refractivity contribution in [3.8, 4) is 0 Å². The van der Waals surface area contributed by atoms with Crippen molar-refractivity contribution in [3.05, 3.63) is 12.3 Å². The van der Waals surface area contributed by atoms with Crippen LogP contribution < -0.4 is 0 Å². The highest BCUT2D eigenvalue weighted by Crippen LogP contribution is 2.43. The van der Waals surface area contributed by atoms with Crippen molar-refractivity contribution in [2.24, 2.45) is 0 Å². The first-order valence-corrected chi connectivity index (χ1v) is 27.5. The summed E-state index contributed by atoms with van der Waals surface area (Å²) in [6.07, 6.45) is 52.1. The second-order valence-electron chi connectivity index (χ2n) is 19.0. The maximum atomic E-state index is 12.7. The van der Waals surface area contributed by atoms with Gasteiger partial charge in [0.2, 0.25) is 0 Å². The fourth-order valence-electron chi connectivity index (χ4n) is 7.64. The zero-order valence-electron chi connectivity index (χ0n) is 40.7. The number of hydrogen-bond donors (Lipinski definition) is 1. The van der Waals surface area contributed by atoms with Crippen LogP contribution in [0.5, 0.6) is 0 Å². The first kappa shape index (κ1) is 59.1. The van der Waals surface area contributed by atoms with Crippen LogP contribution in [0.25, 0.3) is 0 Å². The number of carbonyl (C=O) groups is 1. The molecule has 1 N–H and O–H groups in total. The van der Waals surface area contributed by atoms with Crippen molar-refractivity contribution in [1.29, 1.82) is 0 Å². The summed E-state index contributed by atoms with van der Waals surface area (Å²) in [5, 5.41) is 0. The Hall–Kier alpha value is -0.920. The van der Waals surface area contributed by atoms with Gasteiger partial charge in [0.1, 0.15) is 19.8 Å². The highest BCUT2D eigenvalue weighted by atomic mass is 31.2. The standard InChI is InChI=1S/C51H102NO7P/c1-6-8-10-12-14-16-18-20-22-24-26-27-28-30-32-34-36-38-40-42-44-51(53)59-50(49-58-60(54,55)57-47-45-52(3,4)5)48-56-46-43-41-39-37-35-33-31-29-25-23-21-19-17-15-13-11-9-7-2/h43,46,50H,6-42,44-45,47-49H2,1-5H3/p+1/b46-43+/t50-/m1/s1. The average Bonchev–Trinajstić information content (AvgIpc) is 3.20. The maximum Gasteiger partial charge on any atom is 0.472 e. The third-order valence-corrected chi connectivity index (χ3v) is 12.7. The van der Waals surface area contributed by atoms with Crippen LogP contribution in [0.15, 0.2) is 12.3 Å². The normalized spacial score (nSPS) is 13.6. The summed E-state index contributed by atoms with van der Waals surface area (Å²) in [7, 11) is 1.65. The molecule has 0 aromatic heterocycles. The molecule has 2 atom stereocenters. The van der Waals surface area contributed by atoms with E-state index in [4.69, 9.17) is 18.5 Å². The van der Waals surface area contributed by atoms with Crippen molar-refractivity contribution in [3.63, 3.8) is 0 Å². The molecule has 0 rings (SSSR count). The van der Waals surface area contributed by atoms with Crippen molar-refractivity contribution in [2.75, 3.05) is 47.5 Å². The van der Waals surface area contributed by atoms with Crippen LogP contribution in [-0.4, -0.2) is 69.0 Å². The van der Waals surface area contributed by atoms with Gasteiger partial charge in [-0.2, -0.15) is 0 Å². The molecule has 0 amide bonds. The third-order valence-electron chi connectivity index (χ3n) is 11.7. The molecule has 0 fully saturated rings. The van der Waals surface area contributed by atoms with Gasteiger partial charge in [-0.1, -0.05) is 232 Å². The summed E-state index contributed by atoms with van der Waals surface area (Å²) in [6, 6.07) is 0. The Morgan fingerprint density at radius 1 is 0.517 bits per heavy atom. The van der Waals surface area contributed by atoms with Gasteiger partial charge in [0.25, 0.3) is 0 Å². The molecule has 0 spiro atoms. The molecule has 0 saturated heterocycles. The summed E-state index contributed by atoms with van der Waals surface area (Å²) in [6.45, 7) is 4.99. The van der Waals surface area contributed by atoms with Gasteiger partial charge in [0.15, 0.2) is 6.10 Å². The van der Waals surface area contributed by atoms with E-state index in [1.165, 1.54) is 205 Å². The summed E-state index contributed by atoms with van der Waals surface area (Å²) in [4.78, 5) is 23.0. The quantitative estimate of drug-likeness (QED) is 0.0214. The average molecular weight is 873 g/mol. The number of esters is 1. The number of hydrogen-bond acceptors (Lipinski definition) is 6. The number of nitrogens with zero attached hydrogens (tertiary/aromatic N) is 1. The number of phosphoric acid groups is 1. The Bertz CT molecular complexity index is 972. The zero-order valence-corrected chi connectivity index (χ0v) is 41.6. The van der Waals surface area contributed by atoms with Crippen molar-refractivity contribution in [2.45, 2.75) is 264 Å². The molecular formula is C51H103NO7P+. The Labute approximate surface area is 373 Å². The largest absolute Gasteiger partial charge is 0.498 e. The summed E-state index contributed by atoms with van der Waals surface area (Å²) in [5.41, 5.74) is 0. The van der Waals surface area contributed by atoms with Crippen molar-refractivity contribution >= 4 is 13.8 Å². The Kier molecular flexibility index (Phi) is 44.0. The Morgan fingerprint density at radius 2 is 0.867 bits per heavy atom.